The quantitative estimate of drug-likeness (QED) is 0.278. The van der Waals surface area contributed by atoms with Gasteiger partial charge in [-0.2, -0.15) is 0 Å². The third-order valence-corrected chi connectivity index (χ3v) is 6.12. The molecular weight excluding hydrogens is 478 g/mol. The Kier molecular flexibility index (Phi) is 6.26. The van der Waals surface area contributed by atoms with Gasteiger partial charge in [0.05, 0.1) is 22.5 Å². The van der Waals surface area contributed by atoms with Crippen LogP contribution in [0.5, 0.6) is 0 Å². The Balaban J connectivity index is 1.38. The second-order valence-electron chi connectivity index (χ2n) is 8.39. The number of aryl methyl sites for hydroxylation is 2. The lowest BCUT2D eigenvalue weighted by molar-refractivity contribution is 0.0951. The van der Waals surface area contributed by atoms with Crippen LogP contribution in [0.4, 0.5) is 5.69 Å². The molecule has 0 aliphatic rings. The number of halogens is 1. The van der Waals surface area contributed by atoms with Crippen molar-refractivity contribution >= 4 is 40.1 Å². The van der Waals surface area contributed by atoms with Crippen molar-refractivity contribution in [2.45, 2.75) is 20.4 Å². The summed E-state index contributed by atoms with van der Waals surface area (Å²) in [5, 5.41) is 10.9. The lowest BCUT2D eigenvalue weighted by Gasteiger charge is -2.08. The molecule has 8 nitrogen and oxygen atoms in total. The van der Waals surface area contributed by atoms with Crippen molar-refractivity contribution in [3.63, 3.8) is 0 Å². The minimum atomic E-state index is -0.425. The first-order chi connectivity index (χ1) is 17.4. The molecule has 180 valence electrons. The van der Waals surface area contributed by atoms with Crippen molar-refractivity contribution in [1.82, 2.24) is 20.4 Å². The van der Waals surface area contributed by atoms with Crippen molar-refractivity contribution in [3.8, 4) is 11.3 Å². The van der Waals surface area contributed by atoms with Crippen LogP contribution in [-0.4, -0.2) is 26.9 Å². The van der Waals surface area contributed by atoms with E-state index in [4.69, 9.17) is 16.1 Å². The predicted molar refractivity (Wildman–Crippen MR) is 138 cm³/mol. The highest BCUT2D eigenvalue weighted by molar-refractivity contribution is 6.33. The average Bonchev–Trinajstić information content (AvgIpc) is 3.46. The molecule has 3 N–H and O–H groups in total. The Morgan fingerprint density at radius 3 is 2.69 bits per heavy atom. The van der Waals surface area contributed by atoms with Gasteiger partial charge in [-0.3, -0.25) is 9.59 Å². The molecule has 2 aromatic carbocycles. The number of amides is 2. The second kappa shape index (κ2) is 9.67. The number of hydrogen-bond donors (Lipinski definition) is 3. The van der Waals surface area contributed by atoms with Crippen LogP contribution in [0, 0.1) is 13.8 Å². The number of rotatable bonds is 6. The molecule has 0 aliphatic carbocycles. The molecule has 0 saturated carbocycles. The fourth-order valence-corrected chi connectivity index (χ4v) is 4.25. The van der Waals surface area contributed by atoms with Gasteiger partial charge in [0.2, 0.25) is 0 Å². The number of aromatic amines is 1. The zero-order valence-electron chi connectivity index (χ0n) is 19.6. The number of fused-ring (bicyclic) bond motifs is 1. The van der Waals surface area contributed by atoms with Gasteiger partial charge in [-0.15, -0.1) is 0 Å². The van der Waals surface area contributed by atoms with E-state index in [-0.39, 0.29) is 11.5 Å². The molecule has 3 aromatic heterocycles. The van der Waals surface area contributed by atoms with Crippen LogP contribution in [0.15, 0.2) is 71.5 Å². The Labute approximate surface area is 211 Å². The van der Waals surface area contributed by atoms with Crippen molar-refractivity contribution in [3.05, 3.63) is 100 Å². The molecule has 0 unspecified atom stereocenters. The van der Waals surface area contributed by atoms with Crippen molar-refractivity contribution in [2.75, 3.05) is 5.32 Å². The largest absolute Gasteiger partial charge is 0.360 e. The standard InChI is InChI=1S/C27H22ClN5O3/c1-15-6-5-7-17(10-15)12-31-26(34)21-14-30-25-20(21)11-18(13-29-25)32-27(35)23-16(2)36-33-24(23)19-8-3-4-9-22(19)28/h3-11,13-14H,12H2,1-2H3,(H,29,30)(H,31,34)(H,32,35). The summed E-state index contributed by atoms with van der Waals surface area (Å²) in [6.45, 7) is 4.06. The number of nitrogens with one attached hydrogen (secondary N) is 3. The van der Waals surface area contributed by atoms with E-state index in [0.717, 1.165) is 11.1 Å². The van der Waals surface area contributed by atoms with Crippen LogP contribution in [-0.2, 0) is 6.54 Å². The average molecular weight is 500 g/mol. The highest BCUT2D eigenvalue weighted by atomic mass is 35.5. The minimum absolute atomic E-state index is 0.246. The normalized spacial score (nSPS) is 11.0. The Morgan fingerprint density at radius 2 is 1.89 bits per heavy atom. The summed E-state index contributed by atoms with van der Waals surface area (Å²) in [5.41, 5.74) is 4.73. The van der Waals surface area contributed by atoms with Crippen LogP contribution < -0.4 is 10.6 Å². The first-order valence-corrected chi connectivity index (χ1v) is 11.6. The summed E-state index contributed by atoms with van der Waals surface area (Å²) in [7, 11) is 0. The summed E-state index contributed by atoms with van der Waals surface area (Å²) in [6.07, 6.45) is 3.12. The van der Waals surface area contributed by atoms with Gasteiger partial charge >= 0.3 is 0 Å². The summed E-state index contributed by atoms with van der Waals surface area (Å²) in [5.74, 6) is -0.316. The molecule has 0 saturated heterocycles. The van der Waals surface area contributed by atoms with E-state index < -0.39 is 5.91 Å². The summed E-state index contributed by atoms with van der Waals surface area (Å²) in [6, 6.07) is 16.7. The molecule has 0 aliphatic heterocycles. The van der Waals surface area contributed by atoms with Gasteiger partial charge in [-0.1, -0.05) is 64.8 Å². The lowest BCUT2D eigenvalue weighted by Crippen LogP contribution is -2.22. The van der Waals surface area contributed by atoms with Crippen LogP contribution >= 0.6 is 11.6 Å². The maximum absolute atomic E-state index is 13.2. The number of carbonyl (C=O) groups is 2. The summed E-state index contributed by atoms with van der Waals surface area (Å²) < 4.78 is 5.30. The minimum Gasteiger partial charge on any atom is -0.360 e. The van der Waals surface area contributed by atoms with E-state index in [1.807, 2.05) is 37.3 Å². The number of aromatic nitrogens is 3. The summed E-state index contributed by atoms with van der Waals surface area (Å²) in [4.78, 5) is 33.5. The third kappa shape index (κ3) is 4.58. The van der Waals surface area contributed by atoms with E-state index in [9.17, 15) is 9.59 Å². The monoisotopic (exact) mass is 499 g/mol. The highest BCUT2D eigenvalue weighted by Gasteiger charge is 2.23. The number of H-pyrrole nitrogens is 1. The van der Waals surface area contributed by atoms with Crippen molar-refractivity contribution in [1.29, 1.82) is 0 Å². The number of anilines is 1. The molecular formula is C27H22ClN5O3. The van der Waals surface area contributed by atoms with E-state index in [1.54, 1.807) is 37.4 Å². The number of hydrogen-bond acceptors (Lipinski definition) is 5. The van der Waals surface area contributed by atoms with E-state index in [0.29, 0.717) is 50.9 Å². The zero-order valence-corrected chi connectivity index (χ0v) is 20.3. The molecule has 0 spiro atoms. The number of pyridine rings is 1. The highest BCUT2D eigenvalue weighted by Crippen LogP contribution is 2.31. The Bertz CT molecular complexity index is 1600. The zero-order chi connectivity index (χ0) is 25.2. The summed E-state index contributed by atoms with van der Waals surface area (Å²) >= 11 is 6.31. The maximum Gasteiger partial charge on any atom is 0.261 e. The van der Waals surface area contributed by atoms with Gasteiger partial charge < -0.3 is 20.1 Å². The van der Waals surface area contributed by atoms with Gasteiger partial charge in [0.15, 0.2) is 0 Å². The molecule has 5 aromatic rings. The van der Waals surface area contributed by atoms with Crippen LogP contribution in [0.25, 0.3) is 22.3 Å². The molecule has 3 heterocycles. The number of benzene rings is 2. The van der Waals surface area contributed by atoms with E-state index in [1.165, 1.54) is 6.20 Å². The maximum atomic E-state index is 13.2. The number of nitrogens with zero attached hydrogens (tertiary/aromatic N) is 2. The van der Waals surface area contributed by atoms with Crippen LogP contribution in [0.3, 0.4) is 0 Å². The smallest absolute Gasteiger partial charge is 0.261 e. The number of carbonyl (C=O) groups excluding carboxylic acids is 2. The van der Waals surface area contributed by atoms with Crippen LogP contribution in [0.2, 0.25) is 5.02 Å². The van der Waals surface area contributed by atoms with Crippen LogP contribution in [0.1, 0.15) is 37.6 Å². The molecule has 0 bridgehead atoms. The first-order valence-electron chi connectivity index (χ1n) is 11.2. The molecule has 5 rings (SSSR count). The SMILES string of the molecule is Cc1cccc(CNC(=O)c2c[nH]c3ncc(NC(=O)c4c(-c5ccccc5Cl)noc4C)cc23)c1. The molecule has 36 heavy (non-hydrogen) atoms. The topological polar surface area (TPSA) is 113 Å². The van der Waals surface area contributed by atoms with Gasteiger partial charge in [0.1, 0.15) is 22.7 Å². The van der Waals surface area contributed by atoms with Crippen molar-refractivity contribution in [2.24, 2.45) is 0 Å². The Morgan fingerprint density at radius 1 is 1.06 bits per heavy atom. The van der Waals surface area contributed by atoms with Gasteiger partial charge in [0, 0.05) is 23.7 Å². The fourth-order valence-electron chi connectivity index (χ4n) is 4.03. The predicted octanol–water partition coefficient (Wildman–Crippen LogP) is 5.67. The van der Waals surface area contributed by atoms with E-state index >= 15 is 0 Å². The van der Waals surface area contributed by atoms with Gasteiger partial charge in [-0.25, -0.2) is 4.98 Å². The van der Waals surface area contributed by atoms with Gasteiger partial charge in [0.25, 0.3) is 11.8 Å². The second-order valence-corrected chi connectivity index (χ2v) is 8.80. The molecule has 0 fully saturated rings. The molecule has 0 atom stereocenters. The van der Waals surface area contributed by atoms with E-state index in [2.05, 4.69) is 25.8 Å². The first kappa shape index (κ1) is 23.3. The fraction of sp³-hybridized carbons (Fsp3) is 0.111. The Hall–Kier alpha value is -4.43. The van der Waals surface area contributed by atoms with Crippen molar-refractivity contribution < 1.29 is 14.1 Å². The molecule has 2 amide bonds. The lowest BCUT2D eigenvalue weighted by atomic mass is 10.1. The molecule has 0 radical (unpaired) electrons. The third-order valence-electron chi connectivity index (χ3n) is 5.79. The van der Waals surface area contributed by atoms with Gasteiger partial charge in [-0.05, 0) is 31.5 Å². The molecule has 9 heteroatoms.